The number of hydrogen-bond donors (Lipinski definition) is 2. The van der Waals surface area contributed by atoms with Crippen LogP contribution in [0.3, 0.4) is 0 Å². The maximum absolute atomic E-state index is 11.9. The van der Waals surface area contributed by atoms with Gasteiger partial charge in [-0.15, -0.1) is 0 Å². The van der Waals surface area contributed by atoms with E-state index >= 15 is 0 Å². The molecule has 0 unspecified atom stereocenters. The summed E-state index contributed by atoms with van der Waals surface area (Å²) in [5.74, 6) is -0.101. The maximum Gasteiger partial charge on any atom is 0.227 e. The first kappa shape index (κ1) is 13.4. The van der Waals surface area contributed by atoms with Crippen LogP contribution in [-0.2, 0) is 14.6 Å². The van der Waals surface area contributed by atoms with Crippen LogP contribution in [0.2, 0.25) is 0 Å². The van der Waals surface area contributed by atoms with E-state index in [9.17, 15) is 13.2 Å². The molecule has 0 atom stereocenters. The van der Waals surface area contributed by atoms with Crippen molar-refractivity contribution >= 4 is 15.7 Å². The minimum Gasteiger partial charge on any atom is -0.355 e. The summed E-state index contributed by atoms with van der Waals surface area (Å²) in [5, 5.41) is 2.67. The van der Waals surface area contributed by atoms with E-state index in [0.29, 0.717) is 6.54 Å². The van der Waals surface area contributed by atoms with Crippen molar-refractivity contribution in [3.63, 3.8) is 0 Å². The Balaban J connectivity index is 2.45. The fraction of sp³-hybridized carbons (Fsp3) is 0.900. The van der Waals surface area contributed by atoms with Crippen LogP contribution < -0.4 is 11.1 Å². The average molecular weight is 248 g/mol. The fourth-order valence-corrected chi connectivity index (χ4v) is 2.59. The Bertz CT molecular complexity index is 345. The van der Waals surface area contributed by atoms with Gasteiger partial charge in [-0.1, -0.05) is 12.8 Å². The highest BCUT2D eigenvalue weighted by atomic mass is 32.2. The van der Waals surface area contributed by atoms with E-state index in [-0.39, 0.29) is 18.2 Å². The zero-order valence-corrected chi connectivity index (χ0v) is 10.5. The van der Waals surface area contributed by atoms with Crippen LogP contribution in [0.25, 0.3) is 0 Å². The number of carbonyl (C=O) groups excluding carboxylic acids is 1. The maximum atomic E-state index is 11.9. The molecule has 3 N–H and O–H groups in total. The number of nitrogens with one attached hydrogen (secondary N) is 1. The summed E-state index contributed by atoms with van der Waals surface area (Å²) < 4.78 is 21.8. The number of nitrogens with two attached hydrogens (primary N) is 1. The Morgan fingerprint density at radius 3 is 2.38 bits per heavy atom. The fourth-order valence-electron chi connectivity index (χ4n) is 2.11. The molecule has 0 aliphatic heterocycles. The standard InChI is InChI=1S/C10H20N2O3S/c1-16(14,15)7-6-12-9(13)10(8-11)4-2-3-5-10/h2-8,11H2,1H3,(H,12,13). The molecule has 0 aromatic heterocycles. The van der Waals surface area contributed by atoms with E-state index in [2.05, 4.69) is 5.32 Å². The minimum atomic E-state index is -3.02. The van der Waals surface area contributed by atoms with Crippen LogP contribution >= 0.6 is 0 Å². The lowest BCUT2D eigenvalue weighted by atomic mass is 9.85. The van der Waals surface area contributed by atoms with Gasteiger partial charge in [0.1, 0.15) is 9.84 Å². The van der Waals surface area contributed by atoms with Gasteiger partial charge in [0.2, 0.25) is 5.91 Å². The summed E-state index contributed by atoms with van der Waals surface area (Å²) in [4.78, 5) is 11.9. The largest absolute Gasteiger partial charge is 0.355 e. The van der Waals surface area contributed by atoms with E-state index < -0.39 is 15.3 Å². The van der Waals surface area contributed by atoms with Crippen LogP contribution in [0.5, 0.6) is 0 Å². The second-order valence-electron chi connectivity index (χ2n) is 4.58. The summed E-state index contributed by atoms with van der Waals surface area (Å²) in [7, 11) is -3.02. The third-order valence-electron chi connectivity index (χ3n) is 3.19. The molecule has 1 saturated carbocycles. The van der Waals surface area contributed by atoms with E-state index in [1.54, 1.807) is 0 Å². The first-order chi connectivity index (χ1) is 7.40. The van der Waals surface area contributed by atoms with Crippen molar-refractivity contribution in [2.24, 2.45) is 11.1 Å². The van der Waals surface area contributed by atoms with Crippen LogP contribution in [0.15, 0.2) is 0 Å². The molecule has 94 valence electrons. The highest BCUT2D eigenvalue weighted by molar-refractivity contribution is 7.90. The normalized spacial score (nSPS) is 19.6. The quantitative estimate of drug-likeness (QED) is 0.697. The number of amides is 1. The van der Waals surface area contributed by atoms with Crippen molar-refractivity contribution in [1.82, 2.24) is 5.32 Å². The molecule has 0 aromatic carbocycles. The van der Waals surface area contributed by atoms with Crippen molar-refractivity contribution in [1.29, 1.82) is 0 Å². The number of rotatable bonds is 5. The zero-order valence-electron chi connectivity index (χ0n) is 9.66. The predicted octanol–water partition coefficient (Wildman–Crippen LogP) is -0.334. The molecule has 1 fully saturated rings. The molecule has 1 amide bonds. The first-order valence-electron chi connectivity index (χ1n) is 5.56. The molecule has 1 rings (SSSR count). The summed E-state index contributed by atoms with van der Waals surface area (Å²) in [6.45, 7) is 0.525. The van der Waals surface area contributed by atoms with Gasteiger partial charge in [0.15, 0.2) is 0 Å². The molecular weight excluding hydrogens is 228 g/mol. The minimum absolute atomic E-state index is 0.0145. The summed E-state index contributed by atoms with van der Waals surface area (Å²) >= 11 is 0. The lowest BCUT2D eigenvalue weighted by molar-refractivity contribution is -0.130. The van der Waals surface area contributed by atoms with Gasteiger partial charge in [0.25, 0.3) is 0 Å². The molecule has 0 aromatic rings. The number of sulfone groups is 1. The van der Waals surface area contributed by atoms with E-state index in [0.717, 1.165) is 31.9 Å². The van der Waals surface area contributed by atoms with Gasteiger partial charge in [0, 0.05) is 19.3 Å². The smallest absolute Gasteiger partial charge is 0.227 e. The monoisotopic (exact) mass is 248 g/mol. The van der Waals surface area contributed by atoms with Gasteiger partial charge < -0.3 is 11.1 Å². The van der Waals surface area contributed by atoms with Gasteiger partial charge in [-0.25, -0.2) is 8.42 Å². The molecule has 16 heavy (non-hydrogen) atoms. The number of carbonyl (C=O) groups is 1. The van der Waals surface area contributed by atoms with Gasteiger partial charge in [0.05, 0.1) is 11.2 Å². The Morgan fingerprint density at radius 2 is 1.94 bits per heavy atom. The Hall–Kier alpha value is -0.620. The number of hydrogen-bond acceptors (Lipinski definition) is 4. The van der Waals surface area contributed by atoms with Gasteiger partial charge in [-0.2, -0.15) is 0 Å². The third-order valence-corrected chi connectivity index (χ3v) is 4.14. The zero-order chi connectivity index (χ0) is 12.2. The first-order valence-corrected chi connectivity index (χ1v) is 7.62. The second-order valence-corrected chi connectivity index (χ2v) is 6.84. The molecule has 0 heterocycles. The van der Waals surface area contributed by atoms with E-state index in [1.165, 1.54) is 0 Å². The Labute approximate surface area is 96.7 Å². The molecule has 0 spiro atoms. The van der Waals surface area contributed by atoms with Crippen LogP contribution in [0, 0.1) is 5.41 Å². The van der Waals surface area contributed by atoms with Crippen molar-refractivity contribution in [3.05, 3.63) is 0 Å². The molecule has 0 radical (unpaired) electrons. The summed E-state index contributed by atoms with van der Waals surface area (Å²) in [5.41, 5.74) is 5.20. The topological polar surface area (TPSA) is 89.3 Å². The summed E-state index contributed by atoms with van der Waals surface area (Å²) in [6, 6.07) is 0. The van der Waals surface area contributed by atoms with Gasteiger partial charge >= 0.3 is 0 Å². The SMILES string of the molecule is CS(=O)(=O)CCNC(=O)C1(CN)CCCC1. The van der Waals surface area contributed by atoms with Gasteiger partial charge in [-0.3, -0.25) is 4.79 Å². The highest BCUT2D eigenvalue weighted by Crippen LogP contribution is 2.37. The molecule has 0 saturated heterocycles. The van der Waals surface area contributed by atoms with Crippen molar-refractivity contribution < 1.29 is 13.2 Å². The average Bonchev–Trinajstić information content (AvgIpc) is 2.65. The van der Waals surface area contributed by atoms with Crippen LogP contribution in [0.1, 0.15) is 25.7 Å². The molecule has 5 nitrogen and oxygen atoms in total. The van der Waals surface area contributed by atoms with Crippen LogP contribution in [0.4, 0.5) is 0 Å². The van der Waals surface area contributed by atoms with Gasteiger partial charge in [-0.05, 0) is 12.8 Å². The molecule has 1 aliphatic carbocycles. The Kier molecular flexibility index (Phi) is 4.32. The molecular formula is C10H20N2O3S. The predicted molar refractivity (Wildman–Crippen MR) is 62.7 cm³/mol. The summed E-state index contributed by atoms with van der Waals surface area (Å²) in [6.07, 6.45) is 4.84. The van der Waals surface area contributed by atoms with Crippen molar-refractivity contribution in [2.45, 2.75) is 25.7 Å². The molecule has 6 heteroatoms. The lowest BCUT2D eigenvalue weighted by Crippen LogP contribution is -2.45. The molecule has 1 aliphatic rings. The van der Waals surface area contributed by atoms with Crippen LogP contribution in [-0.4, -0.2) is 39.4 Å². The molecule has 0 bridgehead atoms. The second kappa shape index (κ2) is 5.14. The van der Waals surface area contributed by atoms with Crippen molar-refractivity contribution in [3.8, 4) is 0 Å². The lowest BCUT2D eigenvalue weighted by Gasteiger charge is -2.25. The highest BCUT2D eigenvalue weighted by Gasteiger charge is 2.39. The van der Waals surface area contributed by atoms with E-state index in [1.807, 2.05) is 0 Å². The van der Waals surface area contributed by atoms with Crippen molar-refractivity contribution in [2.75, 3.05) is 25.1 Å². The third kappa shape index (κ3) is 3.45. The van der Waals surface area contributed by atoms with E-state index in [4.69, 9.17) is 5.73 Å². The Morgan fingerprint density at radius 1 is 1.38 bits per heavy atom.